The summed E-state index contributed by atoms with van der Waals surface area (Å²) in [7, 11) is 0. The van der Waals surface area contributed by atoms with Gasteiger partial charge in [0, 0.05) is 17.6 Å². The van der Waals surface area contributed by atoms with E-state index in [2.05, 4.69) is 10.6 Å². The number of nitriles is 1. The zero-order valence-electron chi connectivity index (χ0n) is 13.7. The van der Waals surface area contributed by atoms with Crippen molar-refractivity contribution in [1.29, 1.82) is 5.26 Å². The smallest absolute Gasteiger partial charge is 0.338 e. The maximum Gasteiger partial charge on any atom is 0.338 e. The number of para-hydroxylation sites is 1. The lowest BCUT2D eigenvalue weighted by molar-refractivity contribution is -0.112. The molecule has 0 saturated carbocycles. The number of hydrogen-bond donors (Lipinski definition) is 2. The highest BCUT2D eigenvalue weighted by atomic mass is 16.5. The fourth-order valence-corrected chi connectivity index (χ4v) is 1.94. The van der Waals surface area contributed by atoms with E-state index in [1.54, 1.807) is 55.5 Å². The topological polar surface area (TPSA) is 91.2 Å². The van der Waals surface area contributed by atoms with Crippen LogP contribution in [0.15, 0.2) is 66.4 Å². The molecule has 0 aliphatic heterocycles. The van der Waals surface area contributed by atoms with E-state index in [1.807, 2.05) is 12.1 Å². The number of nitrogens with zero attached hydrogens (tertiary/aromatic N) is 1. The third-order valence-electron chi connectivity index (χ3n) is 3.18. The molecule has 0 aliphatic carbocycles. The summed E-state index contributed by atoms with van der Waals surface area (Å²) in [5, 5.41) is 14.6. The summed E-state index contributed by atoms with van der Waals surface area (Å²) in [4.78, 5) is 23.7. The van der Waals surface area contributed by atoms with Gasteiger partial charge >= 0.3 is 5.97 Å². The van der Waals surface area contributed by atoms with Crippen LogP contribution in [0.1, 0.15) is 17.3 Å². The summed E-state index contributed by atoms with van der Waals surface area (Å²) >= 11 is 0. The Balaban J connectivity index is 2.02. The number of nitrogens with one attached hydrogen (secondary N) is 2. The molecule has 0 radical (unpaired) electrons. The molecule has 25 heavy (non-hydrogen) atoms. The average Bonchev–Trinajstić information content (AvgIpc) is 2.64. The van der Waals surface area contributed by atoms with Gasteiger partial charge in [0.05, 0.1) is 12.2 Å². The lowest BCUT2D eigenvalue weighted by Gasteiger charge is -2.06. The predicted octanol–water partition coefficient (Wildman–Crippen LogP) is 3.32. The number of carbonyl (C=O) groups is 2. The number of anilines is 2. The van der Waals surface area contributed by atoms with Crippen LogP contribution in [0, 0.1) is 11.3 Å². The third kappa shape index (κ3) is 5.22. The van der Waals surface area contributed by atoms with Crippen molar-refractivity contribution in [3.8, 4) is 6.07 Å². The summed E-state index contributed by atoms with van der Waals surface area (Å²) in [5.74, 6) is -0.908. The molecule has 126 valence electrons. The van der Waals surface area contributed by atoms with Crippen LogP contribution in [-0.2, 0) is 9.53 Å². The summed E-state index contributed by atoms with van der Waals surface area (Å²) in [6, 6.07) is 17.2. The third-order valence-corrected chi connectivity index (χ3v) is 3.18. The number of amides is 1. The average molecular weight is 335 g/mol. The van der Waals surface area contributed by atoms with Crippen LogP contribution in [0.3, 0.4) is 0 Å². The molecule has 0 saturated heterocycles. The Kier molecular flexibility index (Phi) is 6.32. The Hall–Kier alpha value is -3.59. The molecule has 0 unspecified atom stereocenters. The number of hydrogen-bond acceptors (Lipinski definition) is 5. The van der Waals surface area contributed by atoms with Gasteiger partial charge in [-0.1, -0.05) is 18.2 Å². The Bertz CT molecular complexity index is 806. The zero-order valence-corrected chi connectivity index (χ0v) is 13.7. The minimum absolute atomic E-state index is 0.0710. The number of benzene rings is 2. The van der Waals surface area contributed by atoms with Crippen LogP contribution >= 0.6 is 0 Å². The fraction of sp³-hybridized carbons (Fsp3) is 0.105. The summed E-state index contributed by atoms with van der Waals surface area (Å²) in [6.07, 6.45) is 1.32. The first-order chi connectivity index (χ1) is 12.1. The fourth-order valence-electron chi connectivity index (χ4n) is 1.94. The summed E-state index contributed by atoms with van der Waals surface area (Å²) < 4.78 is 4.90. The molecule has 0 spiro atoms. The van der Waals surface area contributed by atoms with E-state index in [1.165, 1.54) is 6.20 Å². The molecular weight excluding hydrogens is 318 g/mol. The van der Waals surface area contributed by atoms with Gasteiger partial charge in [-0.25, -0.2) is 4.79 Å². The quantitative estimate of drug-likeness (QED) is 0.480. The van der Waals surface area contributed by atoms with Crippen molar-refractivity contribution in [2.45, 2.75) is 6.92 Å². The van der Waals surface area contributed by atoms with Crippen molar-refractivity contribution < 1.29 is 14.3 Å². The number of esters is 1. The maximum absolute atomic E-state index is 12.1. The maximum atomic E-state index is 12.1. The van der Waals surface area contributed by atoms with Gasteiger partial charge in [0.25, 0.3) is 5.91 Å². The molecule has 2 aromatic rings. The van der Waals surface area contributed by atoms with Gasteiger partial charge < -0.3 is 15.4 Å². The van der Waals surface area contributed by atoms with Crippen molar-refractivity contribution in [3.63, 3.8) is 0 Å². The molecule has 2 rings (SSSR count). The molecule has 0 heterocycles. The molecule has 0 bridgehead atoms. The van der Waals surface area contributed by atoms with Crippen LogP contribution in [0.2, 0.25) is 0 Å². The van der Waals surface area contributed by atoms with E-state index in [4.69, 9.17) is 10.00 Å². The van der Waals surface area contributed by atoms with Gasteiger partial charge in [-0.2, -0.15) is 5.26 Å². The molecule has 0 aromatic heterocycles. The molecule has 6 nitrogen and oxygen atoms in total. The number of rotatable bonds is 6. The Morgan fingerprint density at radius 1 is 1.08 bits per heavy atom. The zero-order chi connectivity index (χ0) is 18.1. The van der Waals surface area contributed by atoms with E-state index in [0.29, 0.717) is 23.5 Å². The first-order valence-electron chi connectivity index (χ1n) is 7.64. The van der Waals surface area contributed by atoms with Crippen molar-refractivity contribution in [2.75, 3.05) is 17.2 Å². The van der Waals surface area contributed by atoms with Gasteiger partial charge in [-0.15, -0.1) is 0 Å². The largest absolute Gasteiger partial charge is 0.462 e. The number of carbonyl (C=O) groups excluding carboxylic acids is 2. The van der Waals surface area contributed by atoms with E-state index in [9.17, 15) is 9.59 Å². The van der Waals surface area contributed by atoms with Gasteiger partial charge in [-0.3, -0.25) is 4.79 Å². The second-order valence-electron chi connectivity index (χ2n) is 4.93. The minimum Gasteiger partial charge on any atom is -0.462 e. The van der Waals surface area contributed by atoms with Crippen LogP contribution in [0.25, 0.3) is 0 Å². The first-order valence-corrected chi connectivity index (χ1v) is 7.64. The Morgan fingerprint density at radius 3 is 2.36 bits per heavy atom. The first kappa shape index (κ1) is 17.8. The van der Waals surface area contributed by atoms with E-state index in [-0.39, 0.29) is 5.57 Å². The number of ether oxygens (including phenoxy) is 1. The highest BCUT2D eigenvalue weighted by Gasteiger charge is 2.09. The van der Waals surface area contributed by atoms with Crippen molar-refractivity contribution >= 4 is 23.3 Å². The molecule has 2 aromatic carbocycles. The molecule has 1 amide bonds. The summed E-state index contributed by atoms with van der Waals surface area (Å²) in [5.41, 5.74) is 1.60. The minimum atomic E-state index is -0.510. The van der Waals surface area contributed by atoms with Crippen molar-refractivity contribution in [2.24, 2.45) is 0 Å². The second kappa shape index (κ2) is 8.89. The van der Waals surface area contributed by atoms with Crippen LogP contribution < -0.4 is 10.6 Å². The second-order valence-corrected chi connectivity index (χ2v) is 4.93. The monoisotopic (exact) mass is 335 g/mol. The van der Waals surface area contributed by atoms with Crippen molar-refractivity contribution in [3.05, 3.63) is 71.9 Å². The Labute approximate surface area is 145 Å². The SMILES string of the molecule is CCOC(=O)c1ccc(NC=C(C#N)C(=O)Nc2ccccc2)cc1. The van der Waals surface area contributed by atoms with Crippen LogP contribution in [-0.4, -0.2) is 18.5 Å². The van der Waals surface area contributed by atoms with Crippen LogP contribution in [0.5, 0.6) is 0 Å². The lowest BCUT2D eigenvalue weighted by atomic mass is 10.2. The van der Waals surface area contributed by atoms with Gasteiger partial charge in [0.2, 0.25) is 0 Å². The van der Waals surface area contributed by atoms with Gasteiger partial charge in [0.1, 0.15) is 11.6 Å². The van der Waals surface area contributed by atoms with Crippen molar-refractivity contribution in [1.82, 2.24) is 0 Å². The van der Waals surface area contributed by atoms with E-state index >= 15 is 0 Å². The highest BCUT2D eigenvalue weighted by molar-refractivity contribution is 6.06. The van der Waals surface area contributed by atoms with Gasteiger partial charge in [-0.05, 0) is 43.3 Å². The summed E-state index contributed by atoms with van der Waals surface area (Å²) in [6.45, 7) is 2.05. The van der Waals surface area contributed by atoms with Gasteiger partial charge in [0.15, 0.2) is 0 Å². The molecule has 2 N–H and O–H groups in total. The van der Waals surface area contributed by atoms with Crippen LogP contribution in [0.4, 0.5) is 11.4 Å². The molecule has 6 heteroatoms. The molecule has 0 atom stereocenters. The molecule has 0 aliphatic rings. The molecular formula is C19H17N3O3. The normalized spacial score (nSPS) is 10.5. The standard InChI is InChI=1S/C19H17N3O3/c1-2-25-19(24)14-8-10-16(11-9-14)21-13-15(12-20)18(23)22-17-6-4-3-5-7-17/h3-11,13,21H,2H2,1H3,(H,22,23). The molecule has 0 fully saturated rings. The highest BCUT2D eigenvalue weighted by Crippen LogP contribution is 2.12. The van der Waals surface area contributed by atoms with E-state index < -0.39 is 11.9 Å². The lowest BCUT2D eigenvalue weighted by Crippen LogP contribution is -2.14. The Morgan fingerprint density at radius 2 is 1.76 bits per heavy atom. The van der Waals surface area contributed by atoms with E-state index in [0.717, 1.165) is 0 Å². The predicted molar refractivity (Wildman–Crippen MR) is 94.8 cm³/mol.